The first kappa shape index (κ1) is 12.2. The van der Waals surface area contributed by atoms with Crippen LogP contribution in [0, 0.1) is 0 Å². The molecule has 0 atom stereocenters. The molecule has 0 saturated heterocycles. The second-order valence-electron chi connectivity index (χ2n) is 3.53. The summed E-state index contributed by atoms with van der Waals surface area (Å²) in [7, 11) is 0. The summed E-state index contributed by atoms with van der Waals surface area (Å²) in [6.07, 6.45) is 1.55. The number of nitrogens with one attached hydrogen (secondary N) is 1. The van der Waals surface area contributed by atoms with Gasteiger partial charge in [0.15, 0.2) is 0 Å². The third-order valence-corrected chi connectivity index (χ3v) is 2.97. The van der Waals surface area contributed by atoms with E-state index in [4.69, 9.17) is 5.11 Å². The second-order valence-corrected chi connectivity index (χ2v) is 4.25. The van der Waals surface area contributed by atoms with E-state index >= 15 is 0 Å². The molecule has 0 saturated carbocycles. The number of aryl methyl sites for hydroxylation is 2. The van der Waals surface area contributed by atoms with Gasteiger partial charge in [0.2, 0.25) is 0 Å². The fourth-order valence-corrected chi connectivity index (χ4v) is 2.02. The molecule has 0 aliphatic rings. The number of hydrogen-bond acceptors (Lipinski definition) is 5. The first-order valence-electron chi connectivity index (χ1n) is 5.02. The van der Waals surface area contributed by atoms with Crippen LogP contribution in [0.4, 0.5) is 0 Å². The highest BCUT2D eigenvalue weighted by Crippen LogP contribution is 2.02. The second kappa shape index (κ2) is 4.96. The van der Waals surface area contributed by atoms with E-state index in [1.165, 1.54) is 11.3 Å². The standard InChI is InChI=1S/C10H9N3O4S/c14-8-7(9(15)16)3-13(10(17)12-8)2-1-6-4-18-5-11-6/h3-5H,1-2H2,(H,15,16)(H,12,14,17). The van der Waals surface area contributed by atoms with Crippen LogP contribution in [-0.4, -0.2) is 25.6 Å². The van der Waals surface area contributed by atoms with Crippen LogP contribution < -0.4 is 11.2 Å². The van der Waals surface area contributed by atoms with Crippen molar-refractivity contribution in [3.63, 3.8) is 0 Å². The van der Waals surface area contributed by atoms with Crippen molar-refractivity contribution in [3.05, 3.63) is 49.2 Å². The minimum Gasteiger partial charge on any atom is -0.477 e. The van der Waals surface area contributed by atoms with E-state index in [0.29, 0.717) is 6.42 Å². The molecule has 2 aromatic heterocycles. The normalized spacial score (nSPS) is 10.4. The van der Waals surface area contributed by atoms with E-state index in [1.807, 2.05) is 10.4 Å². The Balaban J connectivity index is 2.28. The number of aromatic amines is 1. The number of rotatable bonds is 4. The van der Waals surface area contributed by atoms with Gasteiger partial charge in [-0.05, 0) is 0 Å². The number of hydrogen-bond donors (Lipinski definition) is 2. The van der Waals surface area contributed by atoms with Gasteiger partial charge in [-0.3, -0.25) is 14.3 Å². The maximum atomic E-state index is 11.5. The molecule has 0 bridgehead atoms. The molecule has 8 heteroatoms. The minimum absolute atomic E-state index is 0.264. The number of H-pyrrole nitrogens is 1. The van der Waals surface area contributed by atoms with E-state index in [2.05, 4.69) is 4.98 Å². The van der Waals surface area contributed by atoms with Crippen molar-refractivity contribution in [2.24, 2.45) is 0 Å². The average Bonchev–Trinajstić information content (AvgIpc) is 2.80. The smallest absolute Gasteiger partial charge is 0.342 e. The summed E-state index contributed by atoms with van der Waals surface area (Å²) < 4.78 is 1.16. The molecule has 0 amide bonds. The van der Waals surface area contributed by atoms with Gasteiger partial charge in [0.1, 0.15) is 5.56 Å². The Hall–Kier alpha value is -2.22. The Bertz CT molecular complexity index is 671. The van der Waals surface area contributed by atoms with Gasteiger partial charge in [-0.2, -0.15) is 0 Å². The molecule has 2 rings (SSSR count). The largest absolute Gasteiger partial charge is 0.477 e. The molecule has 2 N–H and O–H groups in total. The van der Waals surface area contributed by atoms with Gasteiger partial charge in [-0.25, -0.2) is 14.6 Å². The molecule has 2 heterocycles. The Labute approximate surface area is 104 Å². The summed E-state index contributed by atoms with van der Waals surface area (Å²) in [5.41, 5.74) is 0.522. The Morgan fingerprint density at radius 1 is 1.50 bits per heavy atom. The van der Waals surface area contributed by atoms with Crippen LogP contribution in [0.25, 0.3) is 0 Å². The van der Waals surface area contributed by atoms with E-state index in [0.717, 1.165) is 16.5 Å². The molecule has 0 unspecified atom stereocenters. The number of nitrogens with zero attached hydrogens (tertiary/aromatic N) is 2. The highest BCUT2D eigenvalue weighted by molar-refractivity contribution is 7.07. The first-order valence-corrected chi connectivity index (χ1v) is 5.96. The number of carboxylic acid groups (broad SMARTS) is 1. The van der Waals surface area contributed by atoms with Crippen LogP contribution in [0.15, 0.2) is 26.7 Å². The number of thiazole rings is 1. The van der Waals surface area contributed by atoms with Gasteiger partial charge in [-0.1, -0.05) is 0 Å². The lowest BCUT2D eigenvalue weighted by Gasteiger charge is -2.04. The number of aromatic carboxylic acids is 1. The van der Waals surface area contributed by atoms with E-state index in [-0.39, 0.29) is 6.54 Å². The van der Waals surface area contributed by atoms with Crippen molar-refractivity contribution in [2.75, 3.05) is 0 Å². The third kappa shape index (κ3) is 2.54. The number of carbonyl (C=O) groups is 1. The van der Waals surface area contributed by atoms with Gasteiger partial charge < -0.3 is 5.11 Å². The van der Waals surface area contributed by atoms with Crippen molar-refractivity contribution >= 4 is 17.3 Å². The van der Waals surface area contributed by atoms with Crippen LogP contribution in [0.5, 0.6) is 0 Å². The fraction of sp³-hybridized carbons (Fsp3) is 0.200. The SMILES string of the molecule is O=C(O)c1cn(CCc2cscn2)c(=O)[nH]c1=O. The van der Waals surface area contributed by atoms with Crippen LogP contribution in [0.1, 0.15) is 16.1 Å². The topological polar surface area (TPSA) is 105 Å². The highest BCUT2D eigenvalue weighted by Gasteiger charge is 2.11. The van der Waals surface area contributed by atoms with Crippen molar-refractivity contribution < 1.29 is 9.90 Å². The molecule has 0 aromatic carbocycles. The summed E-state index contributed by atoms with van der Waals surface area (Å²) in [5, 5.41) is 10.6. The lowest BCUT2D eigenvalue weighted by molar-refractivity contribution is 0.0693. The summed E-state index contributed by atoms with van der Waals surface area (Å²) in [6, 6.07) is 0. The number of aromatic nitrogens is 3. The van der Waals surface area contributed by atoms with E-state index < -0.39 is 22.8 Å². The molecule has 2 aromatic rings. The molecule has 0 spiro atoms. The molecular weight excluding hydrogens is 258 g/mol. The molecule has 94 valence electrons. The number of carboxylic acids is 1. The Kier molecular flexibility index (Phi) is 3.38. The predicted octanol–water partition coefficient (Wildman–Crippen LogP) is -0.0660. The predicted molar refractivity (Wildman–Crippen MR) is 64.1 cm³/mol. The molecular formula is C10H9N3O4S. The maximum Gasteiger partial charge on any atom is 0.342 e. The summed E-state index contributed by atoms with van der Waals surface area (Å²) in [6.45, 7) is 0.264. The Morgan fingerprint density at radius 3 is 2.89 bits per heavy atom. The van der Waals surface area contributed by atoms with Gasteiger partial charge >= 0.3 is 11.7 Å². The van der Waals surface area contributed by atoms with Crippen molar-refractivity contribution in [3.8, 4) is 0 Å². The van der Waals surface area contributed by atoms with E-state index in [1.54, 1.807) is 5.51 Å². The summed E-state index contributed by atoms with van der Waals surface area (Å²) in [4.78, 5) is 39.5. The van der Waals surface area contributed by atoms with Gasteiger partial charge in [0.25, 0.3) is 5.56 Å². The molecule has 0 radical (unpaired) electrons. The molecule has 0 aliphatic carbocycles. The summed E-state index contributed by atoms with van der Waals surface area (Å²) >= 11 is 1.44. The lowest BCUT2D eigenvalue weighted by atomic mass is 10.3. The van der Waals surface area contributed by atoms with Crippen LogP contribution in [0.3, 0.4) is 0 Å². The van der Waals surface area contributed by atoms with Crippen LogP contribution in [-0.2, 0) is 13.0 Å². The monoisotopic (exact) mass is 267 g/mol. The maximum absolute atomic E-state index is 11.5. The fourth-order valence-electron chi connectivity index (χ4n) is 1.42. The molecule has 0 aliphatic heterocycles. The molecule has 18 heavy (non-hydrogen) atoms. The van der Waals surface area contributed by atoms with Gasteiger partial charge in [0.05, 0.1) is 11.2 Å². The van der Waals surface area contributed by atoms with Crippen molar-refractivity contribution in [1.82, 2.24) is 14.5 Å². The van der Waals surface area contributed by atoms with Crippen LogP contribution in [0.2, 0.25) is 0 Å². The van der Waals surface area contributed by atoms with E-state index in [9.17, 15) is 14.4 Å². The van der Waals surface area contributed by atoms with Gasteiger partial charge in [0, 0.05) is 24.5 Å². The van der Waals surface area contributed by atoms with Gasteiger partial charge in [-0.15, -0.1) is 11.3 Å². The first-order chi connectivity index (χ1) is 8.58. The zero-order valence-corrected chi connectivity index (χ0v) is 9.94. The van der Waals surface area contributed by atoms with Crippen LogP contribution >= 0.6 is 11.3 Å². The highest BCUT2D eigenvalue weighted by atomic mass is 32.1. The van der Waals surface area contributed by atoms with Crippen molar-refractivity contribution in [2.45, 2.75) is 13.0 Å². The molecule has 0 fully saturated rings. The van der Waals surface area contributed by atoms with Crippen molar-refractivity contribution in [1.29, 1.82) is 0 Å². The Morgan fingerprint density at radius 2 is 2.28 bits per heavy atom. The zero-order valence-electron chi connectivity index (χ0n) is 9.12. The zero-order chi connectivity index (χ0) is 13.1. The third-order valence-electron chi connectivity index (χ3n) is 2.33. The summed E-state index contributed by atoms with van der Waals surface area (Å²) in [5.74, 6) is -1.36. The average molecular weight is 267 g/mol. The lowest BCUT2D eigenvalue weighted by Crippen LogP contribution is -2.33. The minimum atomic E-state index is -1.36. The molecule has 7 nitrogen and oxygen atoms in total. The quantitative estimate of drug-likeness (QED) is 0.807.